The van der Waals surface area contributed by atoms with E-state index in [2.05, 4.69) is 19.2 Å². The number of pyridine rings is 1. The van der Waals surface area contributed by atoms with Crippen molar-refractivity contribution in [3.63, 3.8) is 0 Å². The van der Waals surface area contributed by atoms with Gasteiger partial charge < -0.3 is 10.1 Å². The highest BCUT2D eigenvalue weighted by Crippen LogP contribution is 2.34. The molecular formula is C25H36N2O4S. The first-order valence-electron chi connectivity index (χ1n) is 10.9. The zero-order chi connectivity index (χ0) is 24.3. The monoisotopic (exact) mass is 460 g/mol. The summed E-state index contributed by atoms with van der Waals surface area (Å²) in [7, 11) is -3.30. The molecule has 1 heterocycles. The summed E-state index contributed by atoms with van der Waals surface area (Å²) >= 11 is 0. The Hall–Kier alpha value is -2.41. The van der Waals surface area contributed by atoms with Gasteiger partial charge in [-0.05, 0) is 63.6 Å². The lowest BCUT2D eigenvalue weighted by Crippen LogP contribution is -2.32. The zero-order valence-electron chi connectivity index (χ0n) is 20.5. The van der Waals surface area contributed by atoms with Crippen LogP contribution in [-0.4, -0.2) is 31.4 Å². The first-order chi connectivity index (χ1) is 14.7. The quantitative estimate of drug-likeness (QED) is 0.619. The SMILES string of the molecule is Cc1ccc(-c2c(CS(C)(=O)=O)c(C)nc(CC(C)C)c2CNC(=O)OC(C)(C)C)cc1. The van der Waals surface area contributed by atoms with Crippen LogP contribution in [-0.2, 0) is 33.3 Å². The van der Waals surface area contributed by atoms with Crippen molar-refractivity contribution >= 4 is 15.9 Å². The van der Waals surface area contributed by atoms with E-state index in [4.69, 9.17) is 9.72 Å². The molecule has 2 aromatic rings. The third-order valence-corrected chi connectivity index (χ3v) is 5.66. The number of nitrogens with one attached hydrogen (secondary N) is 1. The minimum Gasteiger partial charge on any atom is -0.444 e. The molecule has 2 rings (SSSR count). The maximum Gasteiger partial charge on any atom is 0.407 e. The van der Waals surface area contributed by atoms with E-state index in [9.17, 15) is 13.2 Å². The number of amides is 1. The van der Waals surface area contributed by atoms with Crippen molar-refractivity contribution in [2.24, 2.45) is 5.92 Å². The van der Waals surface area contributed by atoms with E-state index in [1.165, 1.54) is 6.26 Å². The molecule has 0 fully saturated rings. The summed E-state index contributed by atoms with van der Waals surface area (Å²) in [4.78, 5) is 17.2. The molecule has 0 aliphatic carbocycles. The molecule has 0 radical (unpaired) electrons. The van der Waals surface area contributed by atoms with Gasteiger partial charge >= 0.3 is 6.09 Å². The Morgan fingerprint density at radius 1 is 1.09 bits per heavy atom. The van der Waals surface area contributed by atoms with Crippen molar-refractivity contribution in [2.75, 3.05) is 6.26 Å². The van der Waals surface area contributed by atoms with Crippen molar-refractivity contribution in [2.45, 2.75) is 72.8 Å². The second-order valence-corrected chi connectivity index (χ2v) is 12.0. The average Bonchev–Trinajstić information content (AvgIpc) is 2.60. The fraction of sp³-hybridized carbons (Fsp3) is 0.520. The van der Waals surface area contributed by atoms with Gasteiger partial charge in [0.2, 0.25) is 0 Å². The highest BCUT2D eigenvalue weighted by molar-refractivity contribution is 7.89. The van der Waals surface area contributed by atoms with Crippen molar-refractivity contribution in [3.8, 4) is 11.1 Å². The van der Waals surface area contributed by atoms with Crippen LogP contribution in [0.15, 0.2) is 24.3 Å². The first-order valence-corrected chi connectivity index (χ1v) is 12.9. The maximum absolute atomic E-state index is 12.4. The van der Waals surface area contributed by atoms with Gasteiger partial charge in [-0.25, -0.2) is 13.2 Å². The minimum absolute atomic E-state index is 0.115. The van der Waals surface area contributed by atoms with Crippen molar-refractivity contribution < 1.29 is 17.9 Å². The van der Waals surface area contributed by atoms with Gasteiger partial charge in [-0.1, -0.05) is 43.7 Å². The first kappa shape index (κ1) is 25.8. The summed E-state index contributed by atoms with van der Waals surface area (Å²) in [5.41, 5.74) is 5.30. The van der Waals surface area contributed by atoms with Crippen LogP contribution in [0.3, 0.4) is 0 Å². The highest BCUT2D eigenvalue weighted by atomic mass is 32.2. The molecule has 6 nitrogen and oxygen atoms in total. The Bertz CT molecular complexity index is 1070. The predicted octanol–water partition coefficient (Wildman–Crippen LogP) is 5.13. The normalized spacial score (nSPS) is 12.2. The molecule has 1 amide bonds. The zero-order valence-corrected chi connectivity index (χ0v) is 21.3. The summed E-state index contributed by atoms with van der Waals surface area (Å²) in [5.74, 6) is 0.227. The standard InChI is InChI=1S/C25H36N2O4S/c1-16(2)13-22-20(14-26-24(28)31-25(5,6)7)23(19-11-9-17(3)10-12-19)21(18(4)27-22)15-32(8,29)30/h9-12,16H,13-15H2,1-8H3,(H,26,28). The number of alkyl carbamates (subject to hydrolysis) is 1. The fourth-order valence-corrected chi connectivity index (χ4v) is 4.45. The Kier molecular flexibility index (Phi) is 8.10. The molecule has 0 aliphatic rings. The van der Waals surface area contributed by atoms with Crippen molar-refractivity contribution in [1.82, 2.24) is 10.3 Å². The predicted molar refractivity (Wildman–Crippen MR) is 129 cm³/mol. The number of rotatable bonds is 7. The smallest absolute Gasteiger partial charge is 0.407 e. The van der Waals surface area contributed by atoms with Gasteiger partial charge in [0.25, 0.3) is 0 Å². The van der Waals surface area contributed by atoms with Gasteiger partial charge in [0.15, 0.2) is 9.84 Å². The van der Waals surface area contributed by atoms with Crippen molar-refractivity contribution in [3.05, 3.63) is 52.3 Å². The van der Waals surface area contributed by atoms with Crippen molar-refractivity contribution in [1.29, 1.82) is 0 Å². The second kappa shape index (κ2) is 10.0. The topological polar surface area (TPSA) is 85.4 Å². The Morgan fingerprint density at radius 2 is 1.69 bits per heavy atom. The number of hydrogen-bond donors (Lipinski definition) is 1. The lowest BCUT2D eigenvalue weighted by Gasteiger charge is -2.23. The molecule has 1 N–H and O–H groups in total. The van der Waals surface area contributed by atoms with E-state index in [0.717, 1.165) is 27.9 Å². The van der Waals surface area contributed by atoms with Crippen LogP contribution in [0.4, 0.5) is 4.79 Å². The van der Waals surface area contributed by atoms with Gasteiger partial charge in [-0.2, -0.15) is 0 Å². The van der Waals surface area contributed by atoms with E-state index in [0.29, 0.717) is 23.6 Å². The molecule has 0 atom stereocenters. The fourth-order valence-electron chi connectivity index (χ4n) is 3.57. The summed E-state index contributed by atoms with van der Waals surface area (Å²) in [6.45, 7) is 13.7. The molecule has 0 spiro atoms. The van der Waals surface area contributed by atoms with E-state index in [1.807, 2.05) is 58.9 Å². The van der Waals surface area contributed by atoms with Crippen LogP contribution in [0.5, 0.6) is 0 Å². The van der Waals surface area contributed by atoms with Crippen LogP contribution in [0, 0.1) is 19.8 Å². The van der Waals surface area contributed by atoms with Gasteiger partial charge in [0.1, 0.15) is 5.60 Å². The molecular weight excluding hydrogens is 424 g/mol. The molecule has 0 bridgehead atoms. The Morgan fingerprint density at radius 3 is 2.19 bits per heavy atom. The highest BCUT2D eigenvalue weighted by Gasteiger charge is 2.23. The van der Waals surface area contributed by atoms with E-state index in [-0.39, 0.29) is 12.3 Å². The number of carbonyl (C=O) groups excluding carboxylic acids is 1. The van der Waals surface area contributed by atoms with E-state index < -0.39 is 21.5 Å². The number of aromatic nitrogens is 1. The van der Waals surface area contributed by atoms with Crippen LogP contribution in [0.1, 0.15) is 62.7 Å². The van der Waals surface area contributed by atoms with Gasteiger partial charge in [0, 0.05) is 29.8 Å². The molecule has 1 aromatic heterocycles. The van der Waals surface area contributed by atoms with Crippen LogP contribution in [0.25, 0.3) is 11.1 Å². The summed E-state index contributed by atoms with van der Waals surface area (Å²) in [6.07, 6.45) is 1.42. The Balaban J connectivity index is 2.70. The van der Waals surface area contributed by atoms with Gasteiger partial charge in [0.05, 0.1) is 5.75 Å². The van der Waals surface area contributed by atoms with E-state index >= 15 is 0 Å². The van der Waals surface area contributed by atoms with E-state index in [1.54, 1.807) is 0 Å². The molecule has 0 aliphatic heterocycles. The lowest BCUT2D eigenvalue weighted by atomic mass is 9.90. The molecule has 0 unspecified atom stereocenters. The number of benzene rings is 1. The molecule has 176 valence electrons. The molecule has 0 saturated heterocycles. The number of aryl methyl sites for hydroxylation is 2. The van der Waals surface area contributed by atoms with Crippen LogP contribution >= 0.6 is 0 Å². The summed E-state index contributed by atoms with van der Waals surface area (Å²) in [5, 5.41) is 2.85. The third kappa shape index (κ3) is 7.62. The average molecular weight is 461 g/mol. The number of carbonyl (C=O) groups is 1. The number of sulfone groups is 1. The number of ether oxygens (including phenoxy) is 1. The molecule has 7 heteroatoms. The largest absolute Gasteiger partial charge is 0.444 e. The van der Waals surface area contributed by atoms with Gasteiger partial charge in [-0.15, -0.1) is 0 Å². The Labute approximate surface area is 192 Å². The van der Waals surface area contributed by atoms with Gasteiger partial charge in [-0.3, -0.25) is 4.98 Å². The second-order valence-electron chi connectivity index (χ2n) is 9.87. The maximum atomic E-state index is 12.4. The number of hydrogen-bond acceptors (Lipinski definition) is 5. The summed E-state index contributed by atoms with van der Waals surface area (Å²) < 4.78 is 29.9. The van der Waals surface area contributed by atoms with Crippen LogP contribution in [0.2, 0.25) is 0 Å². The minimum atomic E-state index is -3.30. The summed E-state index contributed by atoms with van der Waals surface area (Å²) in [6, 6.07) is 7.99. The molecule has 32 heavy (non-hydrogen) atoms. The van der Waals surface area contributed by atoms with Crippen LogP contribution < -0.4 is 5.32 Å². The molecule has 0 saturated carbocycles. The number of nitrogens with zero attached hydrogens (tertiary/aromatic N) is 1. The lowest BCUT2D eigenvalue weighted by molar-refractivity contribution is 0.0523. The third-order valence-electron chi connectivity index (χ3n) is 4.85. The molecule has 1 aromatic carbocycles.